The summed E-state index contributed by atoms with van der Waals surface area (Å²) < 4.78 is 0. The van der Waals surface area contributed by atoms with Crippen LogP contribution in [0.2, 0.25) is 0 Å². The van der Waals surface area contributed by atoms with Gasteiger partial charge in [-0.1, -0.05) is 36.4 Å². The van der Waals surface area contributed by atoms with Crippen LogP contribution in [0.25, 0.3) is 0 Å². The quantitative estimate of drug-likeness (QED) is 0.598. The molecule has 1 aliphatic rings. The number of hydroxylamine groups is 2. The highest BCUT2D eigenvalue weighted by Gasteiger charge is 2.09. The molecule has 3 nitrogen and oxygen atoms in total. The molecule has 1 aliphatic carbocycles. The number of rotatable bonds is 5. The smallest absolute Gasteiger partial charge is 0.128 e. The number of allylic oxidation sites excluding steroid dienone is 4. The van der Waals surface area contributed by atoms with Crippen molar-refractivity contribution in [3.05, 3.63) is 65.4 Å². The zero-order valence-electron chi connectivity index (χ0n) is 11.0. The van der Waals surface area contributed by atoms with Crippen LogP contribution < -0.4 is 0 Å². The fourth-order valence-electron chi connectivity index (χ4n) is 1.87. The van der Waals surface area contributed by atoms with Gasteiger partial charge in [-0.3, -0.25) is 9.90 Å². The molecule has 0 amide bonds. The van der Waals surface area contributed by atoms with Crippen LogP contribution in [-0.4, -0.2) is 17.5 Å². The first-order valence-corrected chi connectivity index (χ1v) is 6.40. The highest BCUT2D eigenvalue weighted by molar-refractivity contribution is 5.59. The second-order valence-corrected chi connectivity index (χ2v) is 4.25. The summed E-state index contributed by atoms with van der Waals surface area (Å²) in [7, 11) is 0. The summed E-state index contributed by atoms with van der Waals surface area (Å²) in [5.74, 6) is 1.92. The van der Waals surface area contributed by atoms with Crippen molar-refractivity contribution in [3.8, 4) is 0 Å². The van der Waals surface area contributed by atoms with Gasteiger partial charge in [0.2, 0.25) is 0 Å². The van der Waals surface area contributed by atoms with E-state index in [0.717, 1.165) is 17.8 Å². The van der Waals surface area contributed by atoms with Crippen LogP contribution in [0.5, 0.6) is 0 Å². The van der Waals surface area contributed by atoms with Crippen molar-refractivity contribution in [2.45, 2.75) is 20.0 Å². The zero-order valence-corrected chi connectivity index (χ0v) is 11.0. The Bertz CT molecular complexity index is 525. The minimum atomic E-state index is 0.538. The van der Waals surface area contributed by atoms with E-state index in [9.17, 15) is 4.79 Å². The molecule has 98 valence electrons. The van der Waals surface area contributed by atoms with E-state index >= 15 is 0 Å². The van der Waals surface area contributed by atoms with E-state index in [-0.39, 0.29) is 0 Å². The molecule has 3 heteroatoms. The molecule has 19 heavy (non-hydrogen) atoms. The van der Waals surface area contributed by atoms with Gasteiger partial charge in [0, 0.05) is 18.5 Å². The highest BCUT2D eigenvalue weighted by atomic mass is 16.7. The minimum absolute atomic E-state index is 0.538. The van der Waals surface area contributed by atoms with E-state index in [2.05, 4.69) is 0 Å². The second kappa shape index (κ2) is 6.74. The third kappa shape index (κ3) is 3.68. The monoisotopic (exact) mass is 255 g/mol. The lowest BCUT2D eigenvalue weighted by atomic mass is 10.1. The second-order valence-electron chi connectivity index (χ2n) is 4.25. The largest absolute Gasteiger partial charge is 0.269 e. The summed E-state index contributed by atoms with van der Waals surface area (Å²) in [5, 5.41) is 1.84. The first kappa shape index (κ1) is 13.3. The molecule has 2 rings (SSSR count). The summed E-state index contributed by atoms with van der Waals surface area (Å²) in [4.78, 5) is 16.3. The van der Waals surface area contributed by atoms with Gasteiger partial charge in [0.15, 0.2) is 0 Å². The molecule has 0 N–H and O–H groups in total. The number of hydrogen-bond acceptors (Lipinski definition) is 3. The molecule has 0 bridgehead atoms. The van der Waals surface area contributed by atoms with Crippen molar-refractivity contribution in [1.82, 2.24) is 5.06 Å². The first-order chi connectivity index (χ1) is 9.33. The third-order valence-corrected chi connectivity index (χ3v) is 2.92. The van der Waals surface area contributed by atoms with Gasteiger partial charge in [0.1, 0.15) is 5.94 Å². The number of nitrogens with zero attached hydrogens (tertiary/aromatic N) is 1. The molecule has 0 saturated heterocycles. The molecule has 0 aromatic heterocycles. The van der Waals surface area contributed by atoms with Gasteiger partial charge in [-0.15, -0.1) is 0 Å². The van der Waals surface area contributed by atoms with Crippen molar-refractivity contribution < 1.29 is 9.63 Å². The van der Waals surface area contributed by atoms with Crippen molar-refractivity contribution in [2.75, 3.05) is 6.54 Å². The SMILES string of the molecule is CCN(OCc1ccccc1)C1=CCC(=C=O)C=C1. The Kier molecular flexibility index (Phi) is 4.73. The normalized spacial score (nSPS) is 13.9. The average molecular weight is 255 g/mol. The van der Waals surface area contributed by atoms with E-state index in [4.69, 9.17) is 4.84 Å². The molecule has 1 aromatic carbocycles. The Morgan fingerprint density at radius 3 is 2.63 bits per heavy atom. The molecule has 0 atom stereocenters. The van der Waals surface area contributed by atoms with E-state index in [0.29, 0.717) is 18.6 Å². The fourth-order valence-corrected chi connectivity index (χ4v) is 1.87. The summed E-state index contributed by atoms with van der Waals surface area (Å²) in [6.45, 7) is 3.32. The molecule has 1 aromatic rings. The van der Waals surface area contributed by atoms with Gasteiger partial charge >= 0.3 is 0 Å². The van der Waals surface area contributed by atoms with E-state index in [1.807, 2.05) is 60.4 Å². The Balaban J connectivity index is 1.96. The topological polar surface area (TPSA) is 29.5 Å². The predicted octanol–water partition coefficient (Wildman–Crippen LogP) is 3.04. The molecule has 0 spiro atoms. The molecular formula is C16H17NO2. The minimum Gasteiger partial charge on any atom is -0.269 e. The maximum Gasteiger partial charge on any atom is 0.128 e. The number of carbonyl (C=O) groups excluding carboxylic acids is 1. The van der Waals surface area contributed by atoms with E-state index in [1.54, 1.807) is 6.08 Å². The van der Waals surface area contributed by atoms with Gasteiger partial charge in [-0.05, 0) is 24.6 Å². The molecule has 0 aliphatic heterocycles. The number of likely N-dealkylation sites (N-methyl/N-ethyl adjacent to an activating group) is 1. The molecule has 0 heterocycles. The van der Waals surface area contributed by atoms with Crippen LogP contribution in [0.1, 0.15) is 18.9 Å². The summed E-state index contributed by atoms with van der Waals surface area (Å²) in [6, 6.07) is 10.0. The maximum absolute atomic E-state index is 10.5. The lowest BCUT2D eigenvalue weighted by Gasteiger charge is -2.24. The summed E-state index contributed by atoms with van der Waals surface area (Å²) in [5.41, 5.74) is 2.79. The lowest BCUT2D eigenvalue weighted by Crippen LogP contribution is -2.23. The Labute approximate surface area is 113 Å². The van der Waals surface area contributed by atoms with E-state index in [1.165, 1.54) is 0 Å². The van der Waals surface area contributed by atoms with Crippen molar-refractivity contribution in [1.29, 1.82) is 0 Å². The maximum atomic E-state index is 10.5. The van der Waals surface area contributed by atoms with Crippen molar-refractivity contribution >= 4 is 5.94 Å². The van der Waals surface area contributed by atoms with Crippen LogP contribution in [0, 0.1) is 0 Å². The molecule has 0 unspecified atom stereocenters. The van der Waals surface area contributed by atoms with Gasteiger partial charge in [0.25, 0.3) is 0 Å². The predicted molar refractivity (Wildman–Crippen MR) is 74.7 cm³/mol. The standard InChI is InChI=1S/C16H17NO2/c1-2-17(16-10-8-14(12-18)9-11-16)19-13-15-6-4-3-5-7-15/h3-8,10-11H,2,9,13H2,1H3. The molecule has 0 fully saturated rings. The van der Waals surface area contributed by atoms with Crippen LogP contribution in [0.15, 0.2) is 59.8 Å². The van der Waals surface area contributed by atoms with Crippen LogP contribution >= 0.6 is 0 Å². The lowest BCUT2D eigenvalue weighted by molar-refractivity contribution is -0.136. The Morgan fingerprint density at radius 2 is 2.05 bits per heavy atom. The van der Waals surface area contributed by atoms with Gasteiger partial charge in [-0.25, -0.2) is 4.79 Å². The number of benzene rings is 1. The van der Waals surface area contributed by atoms with Crippen molar-refractivity contribution in [2.24, 2.45) is 0 Å². The van der Waals surface area contributed by atoms with Gasteiger partial charge < -0.3 is 0 Å². The zero-order chi connectivity index (χ0) is 13.5. The number of hydrogen-bond donors (Lipinski definition) is 0. The first-order valence-electron chi connectivity index (χ1n) is 6.40. The fraction of sp³-hybridized carbons (Fsp3) is 0.250. The Hall–Kier alpha value is -2.09. The van der Waals surface area contributed by atoms with Gasteiger partial charge in [-0.2, -0.15) is 0 Å². The molecular weight excluding hydrogens is 238 g/mol. The summed E-state index contributed by atoms with van der Waals surface area (Å²) in [6.07, 6.45) is 6.27. The van der Waals surface area contributed by atoms with E-state index < -0.39 is 0 Å². The molecule has 0 saturated carbocycles. The van der Waals surface area contributed by atoms with Crippen LogP contribution in [-0.2, 0) is 16.2 Å². The van der Waals surface area contributed by atoms with Gasteiger partial charge in [0.05, 0.1) is 12.3 Å². The van der Waals surface area contributed by atoms with Crippen molar-refractivity contribution in [3.63, 3.8) is 0 Å². The highest BCUT2D eigenvalue weighted by Crippen LogP contribution is 2.18. The average Bonchev–Trinajstić information content (AvgIpc) is 2.49. The van der Waals surface area contributed by atoms with Crippen LogP contribution in [0.3, 0.4) is 0 Å². The van der Waals surface area contributed by atoms with Crippen LogP contribution in [0.4, 0.5) is 0 Å². The summed E-state index contributed by atoms with van der Waals surface area (Å²) >= 11 is 0. The molecule has 0 radical (unpaired) electrons. The Morgan fingerprint density at radius 1 is 1.26 bits per heavy atom. The third-order valence-electron chi connectivity index (χ3n) is 2.92.